The molecule has 1 aromatic heterocycles. The molecule has 0 fully saturated rings. The summed E-state index contributed by atoms with van der Waals surface area (Å²) in [5.74, 6) is 0.111. The van der Waals surface area contributed by atoms with Crippen LogP contribution < -0.4 is 5.32 Å². The van der Waals surface area contributed by atoms with E-state index in [2.05, 4.69) is 26.2 Å². The summed E-state index contributed by atoms with van der Waals surface area (Å²) in [5.41, 5.74) is 2.04. The van der Waals surface area contributed by atoms with Gasteiger partial charge in [0.15, 0.2) is 0 Å². The lowest BCUT2D eigenvalue weighted by molar-refractivity contribution is -0.116. The molecule has 2 rings (SSSR count). The Hall–Kier alpha value is -0.770. The second-order valence-electron chi connectivity index (χ2n) is 2.91. The Labute approximate surface area is 78.7 Å². The van der Waals surface area contributed by atoms with Crippen LogP contribution in [0.1, 0.15) is 18.5 Å². The molecular formula is C8H9BrN2O. The van der Waals surface area contributed by atoms with Crippen LogP contribution >= 0.6 is 15.9 Å². The molecule has 0 radical (unpaired) electrons. The van der Waals surface area contributed by atoms with Crippen LogP contribution in [0, 0.1) is 0 Å². The third-order valence-corrected chi connectivity index (χ3v) is 2.40. The highest BCUT2D eigenvalue weighted by atomic mass is 79.9. The van der Waals surface area contributed by atoms with Crippen LogP contribution in [-0.4, -0.2) is 10.9 Å². The van der Waals surface area contributed by atoms with E-state index in [-0.39, 0.29) is 5.91 Å². The molecule has 1 aromatic rings. The van der Waals surface area contributed by atoms with Gasteiger partial charge < -0.3 is 10.3 Å². The smallest absolute Gasteiger partial charge is 0.224 e. The summed E-state index contributed by atoms with van der Waals surface area (Å²) in [7, 11) is 0. The van der Waals surface area contributed by atoms with Crippen molar-refractivity contribution in [3.63, 3.8) is 0 Å². The van der Waals surface area contributed by atoms with Crippen molar-refractivity contribution in [3.8, 4) is 0 Å². The lowest BCUT2D eigenvalue weighted by Crippen LogP contribution is -2.08. The molecule has 0 atom stereocenters. The molecule has 1 aliphatic heterocycles. The van der Waals surface area contributed by atoms with Gasteiger partial charge in [-0.05, 0) is 34.8 Å². The van der Waals surface area contributed by atoms with Crippen molar-refractivity contribution in [3.05, 3.63) is 16.4 Å². The van der Waals surface area contributed by atoms with E-state index in [1.165, 1.54) is 0 Å². The lowest BCUT2D eigenvalue weighted by Gasteiger charge is -1.97. The van der Waals surface area contributed by atoms with E-state index in [4.69, 9.17) is 0 Å². The average molecular weight is 229 g/mol. The normalized spacial score (nSPS) is 16.6. The van der Waals surface area contributed by atoms with Crippen LogP contribution in [0.5, 0.6) is 0 Å². The van der Waals surface area contributed by atoms with Gasteiger partial charge in [0.05, 0.1) is 10.3 Å². The molecule has 2 heterocycles. The van der Waals surface area contributed by atoms with Gasteiger partial charge in [-0.3, -0.25) is 4.79 Å². The molecule has 0 aliphatic carbocycles. The van der Waals surface area contributed by atoms with Crippen LogP contribution in [0.15, 0.2) is 10.7 Å². The summed E-state index contributed by atoms with van der Waals surface area (Å²) < 4.78 is 0.926. The first kappa shape index (κ1) is 7.86. The molecule has 12 heavy (non-hydrogen) atoms. The van der Waals surface area contributed by atoms with Crippen LogP contribution in [0.4, 0.5) is 5.69 Å². The SMILES string of the molecule is O=C1CCCc2[nH]c(Br)cc2N1. The fourth-order valence-corrected chi connectivity index (χ4v) is 1.88. The second kappa shape index (κ2) is 2.94. The standard InChI is InChI=1S/C8H9BrN2O/c9-7-4-6-5(10-7)2-1-3-8(12)11-6/h4,10H,1-3H2,(H,11,12). The summed E-state index contributed by atoms with van der Waals surface area (Å²) in [5, 5.41) is 2.84. The maximum atomic E-state index is 11.1. The maximum absolute atomic E-state index is 11.1. The zero-order chi connectivity index (χ0) is 8.55. The second-order valence-corrected chi connectivity index (χ2v) is 3.77. The topological polar surface area (TPSA) is 44.9 Å². The van der Waals surface area contributed by atoms with Gasteiger partial charge in [-0.2, -0.15) is 0 Å². The maximum Gasteiger partial charge on any atom is 0.224 e. The summed E-state index contributed by atoms with van der Waals surface area (Å²) in [6.07, 6.45) is 2.49. The van der Waals surface area contributed by atoms with E-state index in [9.17, 15) is 4.79 Å². The first-order chi connectivity index (χ1) is 5.75. The number of hydrogen-bond donors (Lipinski definition) is 2. The fraction of sp³-hybridized carbons (Fsp3) is 0.375. The predicted octanol–water partition coefficient (Wildman–Crippen LogP) is 2.05. The number of H-pyrrole nitrogens is 1. The van der Waals surface area contributed by atoms with E-state index in [0.29, 0.717) is 6.42 Å². The number of aromatic amines is 1. The quantitative estimate of drug-likeness (QED) is 0.702. The summed E-state index contributed by atoms with van der Waals surface area (Å²) >= 11 is 3.33. The Bertz CT molecular complexity index is 319. The molecule has 0 bridgehead atoms. The lowest BCUT2D eigenvalue weighted by atomic mass is 10.2. The number of carbonyl (C=O) groups excluding carboxylic acids is 1. The molecule has 0 unspecified atom stereocenters. The summed E-state index contributed by atoms with van der Waals surface area (Å²) in [6, 6.07) is 1.90. The van der Waals surface area contributed by atoms with Gasteiger partial charge in [0.2, 0.25) is 5.91 Å². The first-order valence-corrected chi connectivity index (χ1v) is 4.72. The summed E-state index contributed by atoms with van der Waals surface area (Å²) in [6.45, 7) is 0. The van der Waals surface area contributed by atoms with Crippen LogP contribution in [0.3, 0.4) is 0 Å². The number of carbonyl (C=O) groups is 1. The molecule has 2 N–H and O–H groups in total. The van der Waals surface area contributed by atoms with E-state index < -0.39 is 0 Å². The van der Waals surface area contributed by atoms with Crippen LogP contribution in [0.2, 0.25) is 0 Å². The monoisotopic (exact) mass is 228 g/mol. The average Bonchev–Trinajstić information content (AvgIpc) is 2.23. The minimum atomic E-state index is 0.111. The predicted molar refractivity (Wildman–Crippen MR) is 50.1 cm³/mol. The molecular weight excluding hydrogens is 220 g/mol. The number of rotatable bonds is 0. The molecule has 0 saturated heterocycles. The third kappa shape index (κ3) is 1.39. The number of aromatic nitrogens is 1. The number of amides is 1. The third-order valence-electron chi connectivity index (χ3n) is 1.97. The van der Waals surface area contributed by atoms with E-state index >= 15 is 0 Å². The zero-order valence-corrected chi connectivity index (χ0v) is 8.07. The molecule has 0 aromatic carbocycles. The van der Waals surface area contributed by atoms with Gasteiger partial charge in [0.25, 0.3) is 0 Å². The molecule has 1 amide bonds. The van der Waals surface area contributed by atoms with Gasteiger partial charge in [-0.25, -0.2) is 0 Å². The van der Waals surface area contributed by atoms with Gasteiger partial charge in [-0.1, -0.05) is 0 Å². The van der Waals surface area contributed by atoms with Crippen molar-refractivity contribution < 1.29 is 4.79 Å². The van der Waals surface area contributed by atoms with Gasteiger partial charge in [-0.15, -0.1) is 0 Å². The molecule has 0 saturated carbocycles. The number of hydrogen-bond acceptors (Lipinski definition) is 1. The number of anilines is 1. The molecule has 1 aliphatic rings. The van der Waals surface area contributed by atoms with Crippen molar-refractivity contribution in [2.24, 2.45) is 0 Å². The minimum absolute atomic E-state index is 0.111. The van der Waals surface area contributed by atoms with Gasteiger partial charge in [0.1, 0.15) is 0 Å². The Kier molecular flexibility index (Phi) is 1.92. The minimum Gasteiger partial charge on any atom is -0.351 e. The fourth-order valence-electron chi connectivity index (χ4n) is 1.41. The largest absolute Gasteiger partial charge is 0.351 e. The van der Waals surface area contributed by atoms with Crippen molar-refractivity contribution in [2.75, 3.05) is 5.32 Å². The molecule has 4 heteroatoms. The highest BCUT2D eigenvalue weighted by Crippen LogP contribution is 2.25. The molecule has 3 nitrogen and oxygen atoms in total. The number of fused-ring (bicyclic) bond motifs is 1. The Morgan fingerprint density at radius 2 is 2.25 bits per heavy atom. The van der Waals surface area contributed by atoms with Crippen molar-refractivity contribution in [2.45, 2.75) is 19.3 Å². The van der Waals surface area contributed by atoms with Gasteiger partial charge >= 0.3 is 0 Å². The Morgan fingerprint density at radius 3 is 3.08 bits per heavy atom. The Balaban J connectivity index is 2.36. The number of nitrogens with one attached hydrogen (secondary N) is 2. The number of halogens is 1. The van der Waals surface area contributed by atoms with Gasteiger partial charge in [0, 0.05) is 12.1 Å². The highest BCUT2D eigenvalue weighted by Gasteiger charge is 2.14. The van der Waals surface area contributed by atoms with Crippen molar-refractivity contribution in [1.82, 2.24) is 4.98 Å². The van der Waals surface area contributed by atoms with Crippen molar-refractivity contribution >= 4 is 27.5 Å². The first-order valence-electron chi connectivity index (χ1n) is 3.93. The summed E-state index contributed by atoms with van der Waals surface area (Å²) in [4.78, 5) is 14.3. The van der Waals surface area contributed by atoms with Crippen LogP contribution in [0.25, 0.3) is 0 Å². The zero-order valence-electron chi connectivity index (χ0n) is 6.48. The molecule has 0 spiro atoms. The van der Waals surface area contributed by atoms with Crippen molar-refractivity contribution in [1.29, 1.82) is 0 Å². The van der Waals surface area contributed by atoms with E-state index in [1.54, 1.807) is 0 Å². The van der Waals surface area contributed by atoms with E-state index in [1.807, 2.05) is 6.07 Å². The Morgan fingerprint density at radius 1 is 1.42 bits per heavy atom. The number of aryl methyl sites for hydroxylation is 1. The molecule has 64 valence electrons. The van der Waals surface area contributed by atoms with E-state index in [0.717, 1.165) is 28.8 Å². The highest BCUT2D eigenvalue weighted by molar-refractivity contribution is 9.10. The van der Waals surface area contributed by atoms with Crippen LogP contribution in [-0.2, 0) is 11.2 Å².